The molecule has 0 atom stereocenters. The summed E-state index contributed by atoms with van der Waals surface area (Å²) in [6.07, 6.45) is 26.4. The van der Waals surface area contributed by atoms with Crippen LogP contribution in [-0.4, -0.2) is 45.5 Å². The Morgan fingerprint density at radius 3 is 2.60 bits per heavy atom. The second kappa shape index (κ2) is 20.2. The van der Waals surface area contributed by atoms with E-state index in [1.54, 1.807) is 24.4 Å². The van der Waals surface area contributed by atoms with Crippen molar-refractivity contribution in [1.82, 2.24) is 20.0 Å². The molecule has 248 valence electrons. The van der Waals surface area contributed by atoms with Crippen molar-refractivity contribution in [3.63, 3.8) is 0 Å². The molecule has 2 aromatic heterocycles. The van der Waals surface area contributed by atoms with Gasteiger partial charge >= 0.3 is 17.1 Å². The molecule has 0 radical (unpaired) electrons. The minimum atomic E-state index is -0.0152. The zero-order chi connectivity index (χ0) is 32.5. The standard InChI is InChI=1S/C33H34ClN5O3.C5H6.Fe/c34-27-11-14-30-31(16-18-36-32(30)22-27)35-17-5-20-41-24-28-23-39(38-37-28)19-3-4-21-42-29-12-9-26(10-13-29)33(40)15-8-25-6-1-2-7-25;1-2-4-5-3-1;/h1,6-16,18,22-23H,2-5,17,19-21,24H2,(H,35,36);1-4H,5H2;/q;;+2/b15-8+;;. The van der Waals surface area contributed by atoms with Gasteiger partial charge in [0.25, 0.3) is 0 Å². The third-order valence-corrected chi connectivity index (χ3v) is 7.63. The summed E-state index contributed by atoms with van der Waals surface area (Å²) < 4.78 is 13.5. The number of fused-ring (bicyclic) bond motifs is 1. The molecule has 10 heteroatoms. The van der Waals surface area contributed by atoms with Crippen LogP contribution in [0.2, 0.25) is 5.02 Å². The van der Waals surface area contributed by atoms with E-state index in [-0.39, 0.29) is 22.9 Å². The molecule has 0 fully saturated rings. The summed E-state index contributed by atoms with van der Waals surface area (Å²) in [6.45, 7) is 3.19. The summed E-state index contributed by atoms with van der Waals surface area (Å²) >= 11 is 6.07. The number of halogens is 1. The van der Waals surface area contributed by atoms with Gasteiger partial charge in [0, 0.05) is 47.6 Å². The maximum Gasteiger partial charge on any atom is 2.00 e. The number of aryl methyl sites for hydroxylation is 1. The minimum absolute atomic E-state index is 0. The number of pyridine rings is 1. The molecule has 2 aliphatic carbocycles. The van der Waals surface area contributed by atoms with Crippen molar-refractivity contribution in [1.29, 1.82) is 0 Å². The van der Waals surface area contributed by atoms with E-state index < -0.39 is 0 Å². The fourth-order valence-corrected chi connectivity index (χ4v) is 5.07. The SMILES string of the molecule is C1=CCC=C1.O=C(/C=C/C1=CCC=C1)c1ccc(OCCCCn2cc(COCCCNc3ccnc4cc(Cl)ccc34)nn2)cc1.[Fe+2]. The summed E-state index contributed by atoms with van der Waals surface area (Å²) in [7, 11) is 0. The van der Waals surface area contributed by atoms with Crippen LogP contribution in [-0.2, 0) is 35.0 Å². The van der Waals surface area contributed by atoms with Crippen LogP contribution in [0.1, 0.15) is 48.2 Å². The van der Waals surface area contributed by atoms with Crippen LogP contribution < -0.4 is 10.1 Å². The number of ether oxygens (including phenoxy) is 2. The summed E-state index contributed by atoms with van der Waals surface area (Å²) in [6, 6.07) is 15.0. The zero-order valence-electron chi connectivity index (χ0n) is 26.8. The van der Waals surface area contributed by atoms with Crippen molar-refractivity contribution in [3.05, 3.63) is 137 Å². The number of nitrogens with one attached hydrogen (secondary N) is 1. The molecule has 0 bridgehead atoms. The van der Waals surface area contributed by atoms with Crippen molar-refractivity contribution in [2.45, 2.75) is 45.3 Å². The van der Waals surface area contributed by atoms with Crippen molar-refractivity contribution in [3.8, 4) is 5.75 Å². The summed E-state index contributed by atoms with van der Waals surface area (Å²) in [5.41, 5.74) is 4.44. The maximum absolute atomic E-state index is 12.3. The molecular weight excluding hydrogens is 666 g/mol. The Kier molecular flexibility index (Phi) is 15.4. The number of hydrogen-bond acceptors (Lipinski definition) is 7. The third-order valence-electron chi connectivity index (χ3n) is 7.39. The first kappa shape index (κ1) is 36.6. The van der Waals surface area contributed by atoms with Gasteiger partial charge in [0.2, 0.25) is 0 Å². The number of benzene rings is 2. The number of unbranched alkanes of at least 4 members (excludes halogenated alkanes) is 1. The van der Waals surface area contributed by atoms with Gasteiger partial charge in [0.15, 0.2) is 5.78 Å². The number of ketones is 1. The molecule has 2 heterocycles. The zero-order valence-corrected chi connectivity index (χ0v) is 28.6. The molecule has 0 saturated carbocycles. The van der Waals surface area contributed by atoms with E-state index in [1.807, 2.05) is 59.4 Å². The summed E-state index contributed by atoms with van der Waals surface area (Å²) in [5.74, 6) is 0.741. The second-order valence-electron chi connectivity index (χ2n) is 11.0. The monoisotopic (exact) mass is 705 g/mol. The Hall–Kier alpha value is -4.27. The first-order chi connectivity index (χ1) is 23.1. The van der Waals surface area contributed by atoms with E-state index in [2.05, 4.69) is 57.1 Å². The molecule has 0 unspecified atom stereocenters. The topological polar surface area (TPSA) is 91.2 Å². The Labute approximate surface area is 297 Å². The fraction of sp³-hybridized carbons (Fsp3) is 0.263. The van der Waals surface area contributed by atoms with Gasteiger partial charge in [-0.25, -0.2) is 0 Å². The molecule has 2 aromatic carbocycles. The normalized spacial score (nSPS) is 13.0. The molecule has 8 nitrogen and oxygen atoms in total. The average Bonchev–Trinajstić information content (AvgIpc) is 3.91. The number of hydrogen-bond donors (Lipinski definition) is 1. The molecule has 6 rings (SSSR count). The van der Waals surface area contributed by atoms with Crippen molar-refractivity contribution in [2.24, 2.45) is 0 Å². The number of carbonyl (C=O) groups excluding carboxylic acids is 1. The van der Waals surface area contributed by atoms with Crippen molar-refractivity contribution in [2.75, 3.05) is 25.1 Å². The van der Waals surface area contributed by atoms with Gasteiger partial charge in [-0.05, 0) is 92.3 Å². The van der Waals surface area contributed by atoms with Crippen LogP contribution in [0.4, 0.5) is 5.69 Å². The van der Waals surface area contributed by atoms with E-state index >= 15 is 0 Å². The quantitative estimate of drug-likeness (QED) is 0.0541. The molecule has 0 spiro atoms. The summed E-state index contributed by atoms with van der Waals surface area (Å²) in [5, 5.41) is 13.6. The Balaban J connectivity index is 0.000000794. The van der Waals surface area contributed by atoms with Crippen LogP contribution in [0.5, 0.6) is 5.75 Å². The van der Waals surface area contributed by atoms with Gasteiger partial charge in [0.05, 0.1) is 24.9 Å². The number of aromatic nitrogens is 4. The number of rotatable bonds is 16. The molecule has 0 saturated heterocycles. The Bertz CT molecular complexity index is 1750. The minimum Gasteiger partial charge on any atom is -0.494 e. The predicted molar refractivity (Wildman–Crippen MR) is 189 cm³/mol. The van der Waals surface area contributed by atoms with E-state index in [1.165, 1.54) is 0 Å². The van der Waals surface area contributed by atoms with Crippen molar-refractivity contribution < 1.29 is 31.3 Å². The molecular formula is C38H40ClFeN5O3+2. The molecule has 4 aromatic rings. The molecule has 2 aliphatic rings. The predicted octanol–water partition coefficient (Wildman–Crippen LogP) is 8.48. The van der Waals surface area contributed by atoms with Gasteiger partial charge in [-0.3, -0.25) is 14.5 Å². The molecule has 0 amide bonds. The van der Waals surface area contributed by atoms with Crippen LogP contribution >= 0.6 is 11.6 Å². The summed E-state index contributed by atoms with van der Waals surface area (Å²) in [4.78, 5) is 16.7. The van der Waals surface area contributed by atoms with Crippen molar-refractivity contribution >= 4 is 34.0 Å². The van der Waals surface area contributed by atoms with Gasteiger partial charge in [-0.2, -0.15) is 0 Å². The molecule has 48 heavy (non-hydrogen) atoms. The smallest absolute Gasteiger partial charge is 0.494 e. The van der Waals surface area contributed by atoms with Crippen LogP contribution in [0.25, 0.3) is 10.9 Å². The molecule has 0 aliphatic heterocycles. The first-order valence-corrected chi connectivity index (χ1v) is 16.4. The maximum atomic E-state index is 12.3. The Morgan fingerprint density at radius 2 is 1.83 bits per heavy atom. The van der Waals surface area contributed by atoms with Gasteiger partial charge in [-0.1, -0.05) is 65.4 Å². The van der Waals surface area contributed by atoms with Crippen LogP contribution in [0, 0.1) is 0 Å². The average molecular weight is 706 g/mol. The first-order valence-electron chi connectivity index (χ1n) is 16.0. The van der Waals surface area contributed by atoms with Gasteiger partial charge in [0.1, 0.15) is 11.4 Å². The van der Waals surface area contributed by atoms with E-state index in [4.69, 9.17) is 21.1 Å². The van der Waals surface area contributed by atoms with E-state index in [0.29, 0.717) is 30.4 Å². The van der Waals surface area contributed by atoms with Crippen LogP contribution in [0.15, 0.2) is 121 Å². The van der Waals surface area contributed by atoms with Crippen LogP contribution in [0.3, 0.4) is 0 Å². The number of nitrogens with zero attached hydrogens (tertiary/aromatic N) is 4. The number of carbonyl (C=O) groups is 1. The van der Waals surface area contributed by atoms with Gasteiger partial charge in [-0.15, -0.1) is 5.10 Å². The second-order valence-corrected chi connectivity index (χ2v) is 11.5. The van der Waals surface area contributed by atoms with Gasteiger partial charge < -0.3 is 14.8 Å². The fourth-order valence-electron chi connectivity index (χ4n) is 4.91. The number of allylic oxidation sites excluding steroid dienone is 10. The molecule has 1 N–H and O–H groups in total. The Morgan fingerprint density at radius 1 is 0.979 bits per heavy atom. The van der Waals surface area contributed by atoms with E-state index in [9.17, 15) is 4.79 Å². The largest absolute Gasteiger partial charge is 2.00 e. The van der Waals surface area contributed by atoms with E-state index in [0.717, 1.165) is 78.8 Å². The number of anilines is 1. The third kappa shape index (κ3) is 12.1.